The van der Waals surface area contributed by atoms with Gasteiger partial charge in [-0.2, -0.15) is 0 Å². The zero-order chi connectivity index (χ0) is 20.2. The van der Waals surface area contributed by atoms with E-state index in [0.717, 1.165) is 25.1 Å². The molecule has 29 heavy (non-hydrogen) atoms. The summed E-state index contributed by atoms with van der Waals surface area (Å²) in [4.78, 5) is 12.4. The van der Waals surface area contributed by atoms with Crippen LogP contribution in [0, 0.1) is 0 Å². The molecule has 1 saturated heterocycles. The topological polar surface area (TPSA) is 67.3 Å². The lowest BCUT2D eigenvalue weighted by molar-refractivity contribution is -0.121. The minimum atomic E-state index is -0.0823. The molecular formula is C23H28N4O2. The van der Waals surface area contributed by atoms with Gasteiger partial charge in [-0.1, -0.05) is 30.3 Å². The van der Waals surface area contributed by atoms with E-state index in [4.69, 9.17) is 4.74 Å². The quantitative estimate of drug-likeness (QED) is 0.577. The maximum atomic E-state index is 12.4. The molecule has 0 saturated carbocycles. The first-order valence-corrected chi connectivity index (χ1v) is 10.2. The van der Waals surface area contributed by atoms with Crippen molar-refractivity contribution in [2.45, 2.75) is 44.9 Å². The van der Waals surface area contributed by atoms with E-state index in [-0.39, 0.29) is 18.1 Å². The molecule has 2 unspecified atom stereocenters. The molecule has 6 nitrogen and oxygen atoms in total. The predicted molar refractivity (Wildman–Crippen MR) is 114 cm³/mol. The molecule has 2 atom stereocenters. The van der Waals surface area contributed by atoms with E-state index in [2.05, 4.69) is 58.0 Å². The van der Waals surface area contributed by atoms with Crippen LogP contribution in [0.2, 0.25) is 0 Å². The Labute approximate surface area is 171 Å². The van der Waals surface area contributed by atoms with Crippen molar-refractivity contribution >= 4 is 16.8 Å². The van der Waals surface area contributed by atoms with Gasteiger partial charge in [0.25, 0.3) is 0 Å². The van der Waals surface area contributed by atoms with Crippen LogP contribution in [0.15, 0.2) is 54.6 Å². The number of aryl methyl sites for hydroxylation is 2. The predicted octanol–water partition coefficient (Wildman–Crippen LogP) is 3.28. The van der Waals surface area contributed by atoms with Gasteiger partial charge >= 0.3 is 0 Å². The first kappa shape index (κ1) is 19.5. The van der Waals surface area contributed by atoms with Gasteiger partial charge in [-0.05, 0) is 43.2 Å². The summed E-state index contributed by atoms with van der Waals surface area (Å²) in [5, 5.41) is 4.26. The van der Waals surface area contributed by atoms with Crippen LogP contribution < -0.4 is 20.9 Å². The summed E-state index contributed by atoms with van der Waals surface area (Å²) in [6.07, 6.45) is 1.95. The molecule has 0 spiro atoms. The molecule has 1 fully saturated rings. The van der Waals surface area contributed by atoms with Gasteiger partial charge in [0.05, 0.1) is 19.3 Å². The van der Waals surface area contributed by atoms with Crippen molar-refractivity contribution in [2.24, 2.45) is 0 Å². The molecule has 152 valence electrons. The minimum Gasteiger partial charge on any atom is -0.497 e. The molecule has 6 heteroatoms. The second-order valence-corrected chi connectivity index (χ2v) is 7.42. The van der Waals surface area contributed by atoms with Crippen molar-refractivity contribution < 1.29 is 9.53 Å². The van der Waals surface area contributed by atoms with Gasteiger partial charge in [0, 0.05) is 36.0 Å². The van der Waals surface area contributed by atoms with Crippen molar-refractivity contribution in [3.8, 4) is 5.75 Å². The monoisotopic (exact) mass is 392 g/mol. The Bertz CT molecular complexity index is 983. The number of hydrazine groups is 1. The largest absolute Gasteiger partial charge is 0.497 e. The number of rotatable bonds is 7. The van der Waals surface area contributed by atoms with Crippen LogP contribution in [0.25, 0.3) is 10.9 Å². The van der Waals surface area contributed by atoms with E-state index in [1.807, 2.05) is 24.3 Å². The lowest BCUT2D eigenvalue weighted by Gasteiger charge is -2.14. The van der Waals surface area contributed by atoms with Gasteiger partial charge in [0.2, 0.25) is 5.91 Å². The van der Waals surface area contributed by atoms with Crippen molar-refractivity contribution in [3.05, 3.63) is 65.9 Å². The minimum absolute atomic E-state index is 0.0644. The normalized spacial score (nSPS) is 18.8. The summed E-state index contributed by atoms with van der Waals surface area (Å²) < 4.78 is 7.67. The Morgan fingerprint density at radius 3 is 2.76 bits per heavy atom. The van der Waals surface area contributed by atoms with Gasteiger partial charge in [-0.3, -0.25) is 4.79 Å². The van der Waals surface area contributed by atoms with Gasteiger partial charge in [0.15, 0.2) is 0 Å². The van der Waals surface area contributed by atoms with Crippen molar-refractivity contribution in [2.75, 3.05) is 7.11 Å². The number of hydrogen-bond donors (Lipinski definition) is 3. The summed E-state index contributed by atoms with van der Waals surface area (Å²) >= 11 is 0. The standard InChI is InChI=1S/C23H28N4O2/c1-3-27-20-11-10-18(29-2)13-17(20)14-21(27)19-15-22(26-25-19)24-23(28)12-9-16-7-5-4-6-8-16/h4-8,10-11,13-14,19,22,25-26H,3,9,12,15H2,1-2H3,(H,24,28). The SMILES string of the molecule is CCn1c(C2CC(NC(=O)CCc3ccccc3)NN2)cc2cc(OC)ccc21. The average Bonchev–Trinajstić information content (AvgIpc) is 3.36. The van der Waals surface area contributed by atoms with Crippen LogP contribution >= 0.6 is 0 Å². The zero-order valence-corrected chi connectivity index (χ0v) is 16.9. The number of methoxy groups -OCH3 is 1. The van der Waals surface area contributed by atoms with Gasteiger partial charge in [0.1, 0.15) is 5.75 Å². The van der Waals surface area contributed by atoms with Crippen LogP contribution in [0.1, 0.15) is 37.1 Å². The van der Waals surface area contributed by atoms with Crippen LogP contribution in [0.5, 0.6) is 5.75 Å². The van der Waals surface area contributed by atoms with E-state index in [1.54, 1.807) is 7.11 Å². The summed E-state index contributed by atoms with van der Waals surface area (Å²) in [6, 6.07) is 18.6. The highest BCUT2D eigenvalue weighted by atomic mass is 16.5. The molecule has 2 aromatic carbocycles. The summed E-state index contributed by atoms with van der Waals surface area (Å²) in [7, 11) is 1.69. The molecule has 1 aliphatic heterocycles. The summed E-state index contributed by atoms with van der Waals surface area (Å²) in [6.45, 7) is 3.04. The van der Waals surface area contributed by atoms with Crippen LogP contribution in [-0.4, -0.2) is 23.7 Å². The number of fused-ring (bicyclic) bond motifs is 1. The molecule has 0 radical (unpaired) electrons. The van der Waals surface area contributed by atoms with Crippen molar-refractivity contribution in [3.63, 3.8) is 0 Å². The molecule has 1 aromatic heterocycles. The van der Waals surface area contributed by atoms with Crippen LogP contribution in [0.4, 0.5) is 0 Å². The molecule has 2 heterocycles. The highest BCUT2D eigenvalue weighted by molar-refractivity contribution is 5.83. The Morgan fingerprint density at radius 1 is 1.17 bits per heavy atom. The molecule has 0 aliphatic carbocycles. The van der Waals surface area contributed by atoms with Crippen molar-refractivity contribution in [1.82, 2.24) is 20.7 Å². The van der Waals surface area contributed by atoms with Crippen LogP contribution in [0.3, 0.4) is 0 Å². The fourth-order valence-electron chi connectivity index (χ4n) is 4.05. The van der Waals surface area contributed by atoms with E-state index in [9.17, 15) is 4.79 Å². The first-order chi connectivity index (χ1) is 14.2. The van der Waals surface area contributed by atoms with Gasteiger partial charge < -0.3 is 14.6 Å². The lowest BCUT2D eigenvalue weighted by Crippen LogP contribution is -2.44. The Balaban J connectivity index is 1.39. The molecule has 3 N–H and O–H groups in total. The van der Waals surface area contributed by atoms with E-state index < -0.39 is 0 Å². The smallest absolute Gasteiger partial charge is 0.221 e. The third kappa shape index (κ3) is 4.28. The van der Waals surface area contributed by atoms with E-state index in [0.29, 0.717) is 6.42 Å². The number of hydrogen-bond acceptors (Lipinski definition) is 4. The Morgan fingerprint density at radius 2 is 2.00 bits per heavy atom. The number of carbonyl (C=O) groups excluding carboxylic acids is 1. The van der Waals surface area contributed by atoms with E-state index >= 15 is 0 Å². The lowest BCUT2D eigenvalue weighted by atomic mass is 10.1. The number of aromatic nitrogens is 1. The number of benzene rings is 2. The number of nitrogens with one attached hydrogen (secondary N) is 3. The number of carbonyl (C=O) groups is 1. The molecular weight excluding hydrogens is 364 g/mol. The second kappa shape index (κ2) is 8.68. The maximum Gasteiger partial charge on any atom is 0.221 e. The molecule has 1 aliphatic rings. The molecule has 3 aromatic rings. The maximum absolute atomic E-state index is 12.4. The van der Waals surface area contributed by atoms with Gasteiger partial charge in [-0.15, -0.1) is 0 Å². The highest BCUT2D eigenvalue weighted by Crippen LogP contribution is 2.30. The fourth-order valence-corrected chi connectivity index (χ4v) is 4.05. The number of amides is 1. The average molecular weight is 393 g/mol. The van der Waals surface area contributed by atoms with Crippen molar-refractivity contribution in [1.29, 1.82) is 0 Å². The van der Waals surface area contributed by atoms with Gasteiger partial charge in [-0.25, -0.2) is 10.9 Å². The molecule has 1 amide bonds. The molecule has 4 rings (SSSR count). The van der Waals surface area contributed by atoms with E-state index in [1.165, 1.54) is 22.2 Å². The fraction of sp³-hybridized carbons (Fsp3) is 0.348. The zero-order valence-electron chi connectivity index (χ0n) is 16.9. The third-order valence-electron chi connectivity index (χ3n) is 5.54. The molecule has 0 bridgehead atoms. The first-order valence-electron chi connectivity index (χ1n) is 10.2. The Hall–Kier alpha value is -2.83. The van der Waals surface area contributed by atoms with Crippen LogP contribution in [-0.2, 0) is 17.8 Å². The summed E-state index contributed by atoms with van der Waals surface area (Å²) in [5.41, 5.74) is 10.2. The summed E-state index contributed by atoms with van der Waals surface area (Å²) in [5.74, 6) is 0.924. The highest BCUT2D eigenvalue weighted by Gasteiger charge is 2.28. The Kier molecular flexibility index (Phi) is 5.83. The number of ether oxygens (including phenoxy) is 1. The number of nitrogens with zero attached hydrogens (tertiary/aromatic N) is 1. The third-order valence-corrected chi connectivity index (χ3v) is 5.54. The second-order valence-electron chi connectivity index (χ2n) is 7.42.